The maximum atomic E-state index is 12.8. The molecule has 0 unspecified atom stereocenters. The van der Waals surface area contributed by atoms with Crippen molar-refractivity contribution in [2.45, 2.75) is 12.7 Å². The molecule has 58 heavy (non-hydrogen) atoms. The number of aromatic nitrogens is 6. The third kappa shape index (κ3) is 11.5. The fourth-order valence-electron chi connectivity index (χ4n) is 5.15. The summed E-state index contributed by atoms with van der Waals surface area (Å²) >= 11 is 0. The van der Waals surface area contributed by atoms with Crippen molar-refractivity contribution >= 4 is 17.3 Å². The first-order chi connectivity index (χ1) is 27.5. The average Bonchev–Trinajstić information content (AvgIpc) is 3.79. The normalized spacial score (nSPS) is 11.2. The lowest BCUT2D eigenvalue weighted by Gasteiger charge is -2.16. The van der Waals surface area contributed by atoms with Gasteiger partial charge in [0.05, 0.1) is 29.3 Å². The monoisotopic (exact) mass is 804 g/mol. The number of nitrogen functional groups attached to an aromatic ring is 1. The van der Waals surface area contributed by atoms with Gasteiger partial charge in [-0.2, -0.15) is 10.2 Å². The highest BCUT2D eigenvalue weighted by atomic mass is 19.4. The summed E-state index contributed by atoms with van der Waals surface area (Å²) in [5.74, 6) is -1.16. The molecule has 13 nitrogen and oxygen atoms in total. The molecular formula is C39H30F6N8O5. The number of alkyl halides is 6. The van der Waals surface area contributed by atoms with Crippen molar-refractivity contribution in [3.8, 4) is 57.0 Å². The van der Waals surface area contributed by atoms with Crippen molar-refractivity contribution in [2.75, 3.05) is 11.1 Å². The van der Waals surface area contributed by atoms with Crippen LogP contribution in [0.4, 0.5) is 37.7 Å². The van der Waals surface area contributed by atoms with Gasteiger partial charge in [0.2, 0.25) is 0 Å². The van der Waals surface area contributed by atoms with Gasteiger partial charge in [-0.15, -0.1) is 26.3 Å². The number of anilines is 2. The fourth-order valence-corrected chi connectivity index (χ4v) is 5.15. The Morgan fingerprint density at radius 1 is 0.638 bits per heavy atom. The van der Waals surface area contributed by atoms with Crippen LogP contribution in [-0.4, -0.2) is 48.2 Å². The van der Waals surface area contributed by atoms with E-state index in [1.165, 1.54) is 24.4 Å². The van der Waals surface area contributed by atoms with Crippen molar-refractivity contribution in [1.82, 2.24) is 29.5 Å². The Morgan fingerprint density at radius 3 is 1.69 bits per heavy atom. The van der Waals surface area contributed by atoms with E-state index in [4.69, 9.17) is 15.2 Å². The third-order valence-corrected chi connectivity index (χ3v) is 7.54. The smallest absolute Gasteiger partial charge is 0.457 e. The lowest BCUT2D eigenvalue weighted by Crippen LogP contribution is -2.22. The molecule has 4 aromatic heterocycles. The molecule has 7 aromatic rings. The Labute approximate surface area is 325 Å². The maximum Gasteiger partial charge on any atom is 0.573 e. The van der Waals surface area contributed by atoms with Gasteiger partial charge in [0, 0.05) is 91.7 Å². The number of nitrogens with two attached hydrogens (primary N) is 1. The van der Waals surface area contributed by atoms with Crippen LogP contribution < -0.4 is 30.0 Å². The number of hydrogen-bond donors (Lipinski definition) is 2. The van der Waals surface area contributed by atoms with Crippen LogP contribution in [0.15, 0.2) is 128 Å². The van der Waals surface area contributed by atoms with E-state index in [0.717, 1.165) is 22.9 Å². The number of amides is 1. The summed E-state index contributed by atoms with van der Waals surface area (Å²) in [7, 11) is 3.63. The van der Waals surface area contributed by atoms with E-state index in [0.29, 0.717) is 40.8 Å². The van der Waals surface area contributed by atoms with Gasteiger partial charge in [-0.1, -0.05) is 12.1 Å². The number of hydrogen-bond acceptors (Lipinski definition) is 10. The molecule has 0 spiro atoms. The highest BCUT2D eigenvalue weighted by molar-refractivity contribution is 6.06. The summed E-state index contributed by atoms with van der Waals surface area (Å²) in [6.45, 7) is 0. The Hall–Kier alpha value is -7.57. The van der Waals surface area contributed by atoms with E-state index >= 15 is 0 Å². The molecule has 3 N–H and O–H groups in total. The first kappa shape index (κ1) is 40.1. The van der Waals surface area contributed by atoms with Crippen molar-refractivity contribution in [2.24, 2.45) is 14.1 Å². The van der Waals surface area contributed by atoms with Gasteiger partial charge in [0.25, 0.3) is 5.91 Å². The first-order valence-corrected chi connectivity index (χ1v) is 16.7. The van der Waals surface area contributed by atoms with Crippen molar-refractivity contribution in [3.63, 3.8) is 0 Å². The second-order valence-corrected chi connectivity index (χ2v) is 12.1. The molecular weight excluding hydrogens is 774 g/mol. The summed E-state index contributed by atoms with van der Waals surface area (Å²) in [6.07, 6.45) is -0.130. The predicted octanol–water partition coefficient (Wildman–Crippen LogP) is 9.18. The highest BCUT2D eigenvalue weighted by Gasteiger charge is 2.35. The zero-order chi connectivity index (χ0) is 41.5. The quantitative estimate of drug-likeness (QED) is 0.101. The Kier molecular flexibility index (Phi) is 11.8. The molecule has 19 heteroatoms. The van der Waals surface area contributed by atoms with Crippen molar-refractivity contribution in [1.29, 1.82) is 0 Å². The number of pyridine rings is 2. The van der Waals surface area contributed by atoms with Crippen LogP contribution >= 0.6 is 0 Å². The summed E-state index contributed by atoms with van der Waals surface area (Å²) in [6, 6.07) is 21.9. The van der Waals surface area contributed by atoms with Crippen LogP contribution in [-0.2, 0) is 14.1 Å². The number of benzene rings is 3. The van der Waals surface area contributed by atoms with E-state index in [1.807, 2.05) is 43.6 Å². The Bertz CT molecular complexity index is 2520. The summed E-state index contributed by atoms with van der Waals surface area (Å²) in [5, 5.41) is 10.6. The zero-order valence-corrected chi connectivity index (χ0v) is 30.2. The van der Waals surface area contributed by atoms with Crippen LogP contribution in [0.3, 0.4) is 0 Å². The second kappa shape index (κ2) is 17.1. The van der Waals surface area contributed by atoms with E-state index in [1.54, 1.807) is 65.5 Å². The zero-order valence-electron chi connectivity index (χ0n) is 30.2. The van der Waals surface area contributed by atoms with Gasteiger partial charge < -0.3 is 30.0 Å². The van der Waals surface area contributed by atoms with Gasteiger partial charge in [0.1, 0.15) is 34.5 Å². The average molecular weight is 805 g/mol. The van der Waals surface area contributed by atoms with Gasteiger partial charge in [-0.05, 0) is 48.5 Å². The number of ether oxygens (including phenoxy) is 4. The van der Waals surface area contributed by atoms with Gasteiger partial charge in [0.15, 0.2) is 0 Å². The second-order valence-electron chi connectivity index (χ2n) is 12.1. The van der Waals surface area contributed by atoms with Crippen LogP contribution in [0.25, 0.3) is 22.5 Å². The molecule has 0 saturated carbocycles. The third-order valence-electron chi connectivity index (χ3n) is 7.54. The SMILES string of the molecule is Cn1cc(-c2cc(Oc3cccc(N)c3)ccn2)cn1.Cn1cc(-c2cc(Oc3cccc(NC(=O)c4ccc(OC(F)(F)F)cc4OC(F)(F)F)c3)ccn2)cn1. The molecule has 4 heterocycles. The van der Waals surface area contributed by atoms with Gasteiger partial charge >= 0.3 is 12.7 Å². The Morgan fingerprint density at radius 2 is 1.17 bits per heavy atom. The molecule has 0 aliphatic rings. The van der Waals surface area contributed by atoms with E-state index in [-0.39, 0.29) is 11.4 Å². The molecule has 0 aliphatic carbocycles. The van der Waals surface area contributed by atoms with Crippen molar-refractivity contribution < 1.29 is 50.1 Å². The number of carbonyl (C=O) groups excluding carboxylic acids is 1. The molecule has 0 fully saturated rings. The first-order valence-electron chi connectivity index (χ1n) is 16.7. The number of aryl methyl sites for hydroxylation is 2. The number of nitrogens with one attached hydrogen (secondary N) is 1. The number of carbonyl (C=O) groups is 1. The van der Waals surface area contributed by atoms with Crippen LogP contribution in [0, 0.1) is 0 Å². The van der Waals surface area contributed by atoms with E-state index in [2.05, 4.69) is 35.0 Å². The van der Waals surface area contributed by atoms with E-state index < -0.39 is 35.7 Å². The van der Waals surface area contributed by atoms with Gasteiger partial charge in [-0.3, -0.25) is 24.1 Å². The minimum atomic E-state index is -5.28. The molecule has 1 amide bonds. The van der Waals surface area contributed by atoms with Crippen LogP contribution in [0.5, 0.6) is 34.5 Å². The summed E-state index contributed by atoms with van der Waals surface area (Å²) in [4.78, 5) is 21.3. The lowest BCUT2D eigenvalue weighted by atomic mass is 10.1. The summed E-state index contributed by atoms with van der Waals surface area (Å²) in [5.41, 5.74) is 8.96. The maximum absolute atomic E-state index is 12.8. The fraction of sp³-hybridized carbons (Fsp3) is 0.103. The van der Waals surface area contributed by atoms with E-state index in [9.17, 15) is 31.1 Å². The summed E-state index contributed by atoms with van der Waals surface area (Å²) < 4.78 is 98.3. The Balaban J connectivity index is 0.000000237. The molecule has 0 aliphatic heterocycles. The van der Waals surface area contributed by atoms with Gasteiger partial charge in [-0.25, -0.2) is 0 Å². The van der Waals surface area contributed by atoms with Crippen molar-refractivity contribution in [3.05, 3.63) is 134 Å². The lowest BCUT2D eigenvalue weighted by molar-refractivity contribution is -0.276. The largest absolute Gasteiger partial charge is 0.573 e. The number of nitrogens with zero attached hydrogens (tertiary/aromatic N) is 6. The minimum Gasteiger partial charge on any atom is -0.457 e. The number of rotatable bonds is 10. The minimum absolute atomic E-state index is 0.127. The van der Waals surface area contributed by atoms with Crippen LogP contribution in [0.2, 0.25) is 0 Å². The molecule has 0 saturated heterocycles. The molecule has 7 rings (SSSR count). The predicted molar refractivity (Wildman–Crippen MR) is 198 cm³/mol. The molecule has 298 valence electrons. The standard InChI is InChI=1S/C24H16F6N4O4.C15H14N4O/c1-34-13-14(12-32-34)20-10-17(7-8-31-20)36-16-4-2-3-15(9-16)33-22(35)19-6-5-18(37-23(25,26)27)11-21(19)38-24(28,29)30;1-19-10-11(9-18-19)15-8-14(5-6-17-15)20-13-4-2-3-12(16)7-13/h2-13H,1H3,(H,33,35);2-10H,16H2,1H3. The molecule has 0 bridgehead atoms. The number of halogens is 6. The molecule has 0 atom stereocenters. The highest BCUT2D eigenvalue weighted by Crippen LogP contribution is 2.34. The molecule has 3 aromatic carbocycles. The molecule has 0 radical (unpaired) electrons. The van der Waals surface area contributed by atoms with Crippen LogP contribution in [0.1, 0.15) is 10.4 Å². The topological polar surface area (TPSA) is 153 Å².